The summed E-state index contributed by atoms with van der Waals surface area (Å²) in [6.07, 6.45) is 1.74. The molecule has 112 valence electrons. The zero-order valence-corrected chi connectivity index (χ0v) is 12.5. The topological polar surface area (TPSA) is 69.6 Å². The fourth-order valence-corrected chi connectivity index (χ4v) is 2.28. The highest BCUT2D eigenvalue weighted by molar-refractivity contribution is 5.73. The average Bonchev–Trinajstić information content (AvgIpc) is 2.38. The number of benzene rings is 1. The van der Waals surface area contributed by atoms with Gasteiger partial charge in [-0.2, -0.15) is 0 Å². The summed E-state index contributed by atoms with van der Waals surface area (Å²) in [7, 11) is 0. The van der Waals surface area contributed by atoms with E-state index < -0.39 is 18.1 Å². The number of hydrogen-bond acceptors (Lipinski definition) is 3. The second-order valence-electron chi connectivity index (χ2n) is 5.32. The Morgan fingerprint density at radius 2 is 2.05 bits per heavy atom. The van der Waals surface area contributed by atoms with Crippen LogP contribution in [0.15, 0.2) is 18.2 Å². The molecule has 3 N–H and O–H groups in total. The van der Waals surface area contributed by atoms with E-state index in [0.29, 0.717) is 6.42 Å². The summed E-state index contributed by atoms with van der Waals surface area (Å²) in [5, 5.41) is 22.3. The maximum absolute atomic E-state index is 11.1. The van der Waals surface area contributed by atoms with Crippen molar-refractivity contribution < 1.29 is 15.0 Å². The largest absolute Gasteiger partial charge is 0.480 e. The van der Waals surface area contributed by atoms with Gasteiger partial charge in [0.15, 0.2) is 0 Å². The Hall–Kier alpha value is -1.39. The second-order valence-corrected chi connectivity index (χ2v) is 5.32. The molecule has 0 amide bonds. The molecule has 0 spiro atoms. The second kappa shape index (κ2) is 8.02. The van der Waals surface area contributed by atoms with E-state index in [0.717, 1.165) is 29.5 Å². The van der Waals surface area contributed by atoms with Crippen LogP contribution in [-0.4, -0.2) is 28.8 Å². The van der Waals surface area contributed by atoms with E-state index in [9.17, 15) is 9.90 Å². The van der Waals surface area contributed by atoms with Crippen LogP contribution in [0.1, 0.15) is 49.0 Å². The van der Waals surface area contributed by atoms with Crippen LogP contribution in [-0.2, 0) is 4.79 Å². The molecule has 20 heavy (non-hydrogen) atoms. The lowest BCUT2D eigenvalue weighted by atomic mass is 10.0. The Labute approximate surface area is 120 Å². The molecule has 2 atom stereocenters. The van der Waals surface area contributed by atoms with Gasteiger partial charge in [0, 0.05) is 6.54 Å². The number of aliphatic hydroxyl groups excluding tert-OH is 1. The first kappa shape index (κ1) is 16.7. The van der Waals surface area contributed by atoms with Crippen LogP contribution in [0.2, 0.25) is 0 Å². The van der Waals surface area contributed by atoms with Gasteiger partial charge in [-0.3, -0.25) is 4.79 Å². The van der Waals surface area contributed by atoms with Gasteiger partial charge in [0.1, 0.15) is 6.04 Å². The van der Waals surface area contributed by atoms with E-state index >= 15 is 0 Å². The van der Waals surface area contributed by atoms with Crippen molar-refractivity contribution in [1.82, 2.24) is 5.32 Å². The molecule has 4 nitrogen and oxygen atoms in total. The van der Waals surface area contributed by atoms with Crippen LogP contribution >= 0.6 is 0 Å². The number of nitrogens with one attached hydrogen (secondary N) is 1. The van der Waals surface area contributed by atoms with Gasteiger partial charge >= 0.3 is 5.97 Å². The molecule has 1 aromatic rings. The van der Waals surface area contributed by atoms with E-state index in [1.807, 2.05) is 39.0 Å². The predicted molar refractivity (Wildman–Crippen MR) is 79.8 cm³/mol. The highest BCUT2D eigenvalue weighted by Gasteiger charge is 2.18. The number of carboxylic acids is 1. The number of carboxylic acid groups (broad SMARTS) is 1. The maximum Gasteiger partial charge on any atom is 0.320 e. The van der Waals surface area contributed by atoms with Gasteiger partial charge in [0.25, 0.3) is 0 Å². The molecule has 0 saturated heterocycles. The van der Waals surface area contributed by atoms with Crippen molar-refractivity contribution in [2.45, 2.75) is 52.2 Å². The molecule has 0 saturated carbocycles. The SMILES string of the molecule is CCCCC(NCC(O)c1ccc(C)cc1C)C(=O)O. The van der Waals surface area contributed by atoms with Crippen molar-refractivity contribution in [3.05, 3.63) is 34.9 Å². The third kappa shape index (κ3) is 4.94. The van der Waals surface area contributed by atoms with Crippen LogP contribution in [0.4, 0.5) is 0 Å². The molecule has 0 bridgehead atoms. The molecule has 0 aliphatic heterocycles. The summed E-state index contributed by atoms with van der Waals surface area (Å²) in [5.41, 5.74) is 3.03. The number of rotatable bonds is 8. The summed E-state index contributed by atoms with van der Waals surface area (Å²) in [5.74, 6) is -0.855. The van der Waals surface area contributed by atoms with Crippen molar-refractivity contribution in [3.63, 3.8) is 0 Å². The van der Waals surface area contributed by atoms with E-state index in [-0.39, 0.29) is 6.54 Å². The number of hydrogen-bond donors (Lipinski definition) is 3. The molecule has 0 aromatic heterocycles. The van der Waals surface area contributed by atoms with E-state index in [2.05, 4.69) is 5.32 Å². The number of aliphatic carboxylic acids is 1. The number of unbranched alkanes of at least 4 members (excludes halogenated alkanes) is 1. The lowest BCUT2D eigenvalue weighted by Crippen LogP contribution is -2.39. The van der Waals surface area contributed by atoms with Crippen molar-refractivity contribution in [2.75, 3.05) is 6.54 Å². The summed E-state index contributed by atoms with van der Waals surface area (Å²) < 4.78 is 0. The van der Waals surface area contributed by atoms with Crippen molar-refractivity contribution in [2.24, 2.45) is 0 Å². The van der Waals surface area contributed by atoms with E-state index in [1.54, 1.807) is 0 Å². The quantitative estimate of drug-likeness (QED) is 0.684. The molecule has 0 aliphatic carbocycles. The molecule has 0 aliphatic rings. The third-order valence-electron chi connectivity index (χ3n) is 3.49. The fourth-order valence-electron chi connectivity index (χ4n) is 2.28. The first-order valence-electron chi connectivity index (χ1n) is 7.17. The Morgan fingerprint density at radius 1 is 1.35 bits per heavy atom. The van der Waals surface area contributed by atoms with Gasteiger partial charge in [-0.15, -0.1) is 0 Å². The molecular formula is C16H25NO3. The molecule has 0 radical (unpaired) electrons. The van der Waals surface area contributed by atoms with Crippen LogP contribution in [0.25, 0.3) is 0 Å². The molecule has 1 rings (SSSR count). The van der Waals surface area contributed by atoms with Gasteiger partial charge in [0.2, 0.25) is 0 Å². The van der Waals surface area contributed by atoms with Gasteiger partial charge in [0.05, 0.1) is 6.10 Å². The molecule has 0 fully saturated rings. The molecular weight excluding hydrogens is 254 g/mol. The van der Waals surface area contributed by atoms with Crippen LogP contribution < -0.4 is 5.32 Å². The minimum Gasteiger partial charge on any atom is -0.480 e. The highest BCUT2D eigenvalue weighted by atomic mass is 16.4. The Bertz CT molecular complexity index is 445. The maximum atomic E-state index is 11.1. The van der Waals surface area contributed by atoms with E-state index in [4.69, 9.17) is 5.11 Å². The van der Waals surface area contributed by atoms with Gasteiger partial charge in [-0.25, -0.2) is 0 Å². The smallest absolute Gasteiger partial charge is 0.320 e. The Kier molecular flexibility index (Phi) is 6.68. The molecule has 2 unspecified atom stereocenters. The van der Waals surface area contributed by atoms with E-state index in [1.165, 1.54) is 0 Å². The first-order valence-corrected chi connectivity index (χ1v) is 7.17. The molecule has 0 heterocycles. The monoisotopic (exact) mass is 279 g/mol. The highest BCUT2D eigenvalue weighted by Crippen LogP contribution is 2.18. The summed E-state index contributed by atoms with van der Waals surface area (Å²) in [6.45, 7) is 6.25. The third-order valence-corrected chi connectivity index (χ3v) is 3.49. The van der Waals surface area contributed by atoms with Gasteiger partial charge < -0.3 is 15.5 Å². The molecule has 4 heteroatoms. The van der Waals surface area contributed by atoms with Gasteiger partial charge in [-0.05, 0) is 31.4 Å². The van der Waals surface area contributed by atoms with Crippen LogP contribution in [0, 0.1) is 13.8 Å². The fraction of sp³-hybridized carbons (Fsp3) is 0.562. The summed E-state index contributed by atoms with van der Waals surface area (Å²) >= 11 is 0. The standard InChI is InChI=1S/C16H25NO3/c1-4-5-6-14(16(19)20)17-10-15(18)13-8-7-11(2)9-12(13)3/h7-9,14-15,17-18H,4-6,10H2,1-3H3,(H,19,20). The zero-order chi connectivity index (χ0) is 15.1. The summed E-state index contributed by atoms with van der Waals surface area (Å²) in [6, 6.07) is 5.29. The van der Waals surface area contributed by atoms with Crippen molar-refractivity contribution >= 4 is 5.97 Å². The zero-order valence-electron chi connectivity index (χ0n) is 12.5. The van der Waals surface area contributed by atoms with Gasteiger partial charge in [-0.1, -0.05) is 43.5 Å². The normalized spacial score (nSPS) is 14.0. The molecule has 1 aromatic carbocycles. The lowest BCUT2D eigenvalue weighted by Gasteiger charge is -2.19. The van der Waals surface area contributed by atoms with Crippen molar-refractivity contribution in [3.8, 4) is 0 Å². The number of carbonyl (C=O) groups is 1. The lowest BCUT2D eigenvalue weighted by molar-refractivity contribution is -0.139. The minimum absolute atomic E-state index is 0.255. The average molecular weight is 279 g/mol. The van der Waals surface area contributed by atoms with Crippen molar-refractivity contribution in [1.29, 1.82) is 0 Å². The summed E-state index contributed by atoms with van der Waals surface area (Å²) in [4.78, 5) is 11.1. The predicted octanol–water partition coefficient (Wildman–Crippen LogP) is 2.57. The van der Waals surface area contributed by atoms with Crippen LogP contribution in [0.3, 0.4) is 0 Å². The first-order chi connectivity index (χ1) is 9.45. The Balaban J connectivity index is 2.60. The number of aliphatic hydroxyl groups is 1. The van der Waals surface area contributed by atoms with Crippen LogP contribution in [0.5, 0.6) is 0 Å². The Morgan fingerprint density at radius 3 is 2.60 bits per heavy atom. The minimum atomic E-state index is -0.855. The number of aryl methyl sites for hydroxylation is 2.